The van der Waals surface area contributed by atoms with Crippen molar-refractivity contribution in [2.75, 3.05) is 26.2 Å². The maximum absolute atomic E-state index is 12.8. The fourth-order valence-electron chi connectivity index (χ4n) is 3.01. The van der Waals surface area contributed by atoms with Gasteiger partial charge in [-0.05, 0) is 18.2 Å². The van der Waals surface area contributed by atoms with E-state index in [9.17, 15) is 27.6 Å². The Bertz CT molecular complexity index is 729. The molecule has 0 atom stereocenters. The van der Waals surface area contributed by atoms with Crippen molar-refractivity contribution in [1.82, 2.24) is 15.1 Å². The van der Waals surface area contributed by atoms with Crippen LogP contribution in [0.5, 0.6) is 5.75 Å². The second-order valence-electron chi connectivity index (χ2n) is 6.36. The van der Waals surface area contributed by atoms with Gasteiger partial charge in [-0.2, -0.15) is 13.2 Å². The topological polar surface area (TPSA) is 79.0 Å². The molecule has 3 rings (SSSR count). The van der Waals surface area contributed by atoms with Gasteiger partial charge >= 0.3 is 12.2 Å². The number of alkyl halides is 3. The van der Waals surface area contributed by atoms with Crippen LogP contribution in [0.1, 0.15) is 18.4 Å². The lowest BCUT2D eigenvalue weighted by Gasteiger charge is -2.33. The molecule has 146 valence electrons. The summed E-state index contributed by atoms with van der Waals surface area (Å²) in [6.07, 6.45) is -3.85. The van der Waals surface area contributed by atoms with Crippen LogP contribution in [0, 0.1) is 0 Å². The molecule has 2 saturated heterocycles. The molecule has 0 radical (unpaired) electrons. The average molecular weight is 385 g/mol. The summed E-state index contributed by atoms with van der Waals surface area (Å²) < 4.78 is 43.9. The molecule has 2 fully saturated rings. The monoisotopic (exact) mass is 385 g/mol. The third kappa shape index (κ3) is 4.50. The van der Waals surface area contributed by atoms with Crippen LogP contribution in [-0.2, 0) is 15.8 Å². The largest absolute Gasteiger partial charge is 0.490 e. The Morgan fingerprint density at radius 2 is 1.93 bits per heavy atom. The summed E-state index contributed by atoms with van der Waals surface area (Å²) in [5, 5.41) is 2.34. The first-order valence-corrected chi connectivity index (χ1v) is 8.44. The van der Waals surface area contributed by atoms with E-state index in [1.54, 1.807) is 0 Å². The van der Waals surface area contributed by atoms with Crippen LogP contribution in [0.25, 0.3) is 0 Å². The number of likely N-dealkylation sites (tertiary alicyclic amines) is 1. The average Bonchev–Trinajstić information content (AvgIpc) is 2.94. The first-order valence-electron chi connectivity index (χ1n) is 8.44. The Morgan fingerprint density at radius 3 is 2.52 bits per heavy atom. The zero-order valence-electron chi connectivity index (χ0n) is 14.3. The number of amides is 4. The number of hydrogen-bond acceptors (Lipinski definition) is 4. The molecule has 4 amide bonds. The SMILES string of the molecule is O=C(CN1C(=O)CNC1=O)N1CCC(Oc2cccc(C(F)(F)F)c2)CC1. The molecule has 27 heavy (non-hydrogen) atoms. The Labute approximate surface area is 153 Å². The molecule has 0 aliphatic carbocycles. The molecule has 10 heteroatoms. The number of carbonyl (C=O) groups excluding carboxylic acids is 3. The van der Waals surface area contributed by atoms with Crippen LogP contribution in [-0.4, -0.2) is 59.9 Å². The second-order valence-corrected chi connectivity index (χ2v) is 6.36. The molecule has 0 bridgehead atoms. The normalized spacial score (nSPS) is 18.6. The van der Waals surface area contributed by atoms with Gasteiger partial charge in [0.1, 0.15) is 18.4 Å². The molecule has 0 unspecified atom stereocenters. The van der Waals surface area contributed by atoms with Gasteiger partial charge in [-0.15, -0.1) is 0 Å². The van der Waals surface area contributed by atoms with Gasteiger partial charge in [0.25, 0.3) is 5.91 Å². The lowest BCUT2D eigenvalue weighted by Crippen LogP contribution is -2.47. The van der Waals surface area contributed by atoms with E-state index in [2.05, 4.69) is 5.32 Å². The minimum atomic E-state index is -4.44. The van der Waals surface area contributed by atoms with Crippen LogP contribution >= 0.6 is 0 Å². The number of benzene rings is 1. The summed E-state index contributed by atoms with van der Waals surface area (Å²) in [6.45, 7) is 0.251. The highest BCUT2D eigenvalue weighted by molar-refractivity contribution is 6.04. The minimum Gasteiger partial charge on any atom is -0.490 e. The van der Waals surface area contributed by atoms with Crippen molar-refractivity contribution < 1.29 is 32.3 Å². The molecule has 2 aliphatic heterocycles. The van der Waals surface area contributed by atoms with E-state index >= 15 is 0 Å². The van der Waals surface area contributed by atoms with E-state index in [0.717, 1.165) is 17.0 Å². The Kier molecular flexibility index (Phi) is 5.24. The molecule has 0 saturated carbocycles. The molecule has 0 spiro atoms. The van der Waals surface area contributed by atoms with Gasteiger partial charge in [0.15, 0.2) is 0 Å². The van der Waals surface area contributed by atoms with Crippen molar-refractivity contribution in [2.45, 2.75) is 25.1 Å². The predicted octanol–water partition coefficient (Wildman–Crippen LogP) is 1.63. The van der Waals surface area contributed by atoms with Crippen molar-refractivity contribution in [3.05, 3.63) is 29.8 Å². The molecule has 2 heterocycles. The van der Waals surface area contributed by atoms with Crippen molar-refractivity contribution in [3.8, 4) is 5.75 Å². The number of carbonyl (C=O) groups is 3. The Morgan fingerprint density at radius 1 is 1.22 bits per heavy atom. The molecule has 1 aromatic rings. The van der Waals surface area contributed by atoms with Crippen molar-refractivity contribution in [2.24, 2.45) is 0 Å². The Hall–Kier alpha value is -2.78. The number of halogens is 3. The first-order chi connectivity index (χ1) is 12.7. The number of urea groups is 1. The van der Waals surface area contributed by atoms with E-state index in [-0.39, 0.29) is 30.9 Å². The first kappa shape index (κ1) is 19.0. The van der Waals surface area contributed by atoms with E-state index in [4.69, 9.17) is 4.74 Å². The fourth-order valence-corrected chi connectivity index (χ4v) is 3.01. The maximum Gasteiger partial charge on any atom is 0.416 e. The summed E-state index contributed by atoms with van der Waals surface area (Å²) in [5.74, 6) is -0.664. The minimum absolute atomic E-state index is 0.112. The van der Waals surface area contributed by atoms with Gasteiger partial charge in [0.2, 0.25) is 5.91 Å². The highest BCUT2D eigenvalue weighted by Gasteiger charge is 2.33. The van der Waals surface area contributed by atoms with Crippen molar-refractivity contribution in [3.63, 3.8) is 0 Å². The van der Waals surface area contributed by atoms with Gasteiger partial charge < -0.3 is 15.0 Å². The predicted molar refractivity (Wildman–Crippen MR) is 86.8 cm³/mol. The fraction of sp³-hybridized carbons (Fsp3) is 0.471. The highest BCUT2D eigenvalue weighted by Crippen LogP contribution is 2.32. The number of piperidine rings is 1. The molecule has 7 nitrogen and oxygen atoms in total. The second kappa shape index (κ2) is 7.45. The van der Waals surface area contributed by atoms with Gasteiger partial charge in [0.05, 0.1) is 12.1 Å². The smallest absolute Gasteiger partial charge is 0.416 e. The molecule has 0 aromatic heterocycles. The molecule has 1 N–H and O–H groups in total. The number of imide groups is 1. The lowest BCUT2D eigenvalue weighted by molar-refractivity contribution is -0.138. The van der Waals surface area contributed by atoms with Crippen LogP contribution in [0.15, 0.2) is 24.3 Å². The molecule has 1 aromatic carbocycles. The van der Waals surface area contributed by atoms with Gasteiger partial charge in [-0.3, -0.25) is 14.5 Å². The third-order valence-electron chi connectivity index (χ3n) is 4.49. The molecular weight excluding hydrogens is 367 g/mol. The van der Waals surface area contributed by atoms with Gasteiger partial charge in [-0.1, -0.05) is 6.07 Å². The molecule has 2 aliphatic rings. The standard InChI is InChI=1S/C17H18F3N3O4/c18-17(19,20)11-2-1-3-13(8-11)27-12-4-6-22(7-5-12)15(25)10-23-14(24)9-21-16(23)26/h1-3,8,12H,4-7,9-10H2,(H,21,26). The number of ether oxygens (including phenoxy) is 1. The highest BCUT2D eigenvalue weighted by atomic mass is 19.4. The quantitative estimate of drug-likeness (QED) is 0.799. The van der Waals surface area contributed by atoms with Crippen LogP contribution in [0.4, 0.5) is 18.0 Å². The summed E-state index contributed by atoms with van der Waals surface area (Å²) in [7, 11) is 0. The van der Waals surface area contributed by atoms with E-state index in [1.807, 2.05) is 0 Å². The van der Waals surface area contributed by atoms with E-state index < -0.39 is 23.7 Å². The van der Waals surface area contributed by atoms with Crippen LogP contribution in [0.2, 0.25) is 0 Å². The van der Waals surface area contributed by atoms with E-state index in [0.29, 0.717) is 25.9 Å². The lowest BCUT2D eigenvalue weighted by atomic mass is 10.1. The summed E-state index contributed by atoms with van der Waals surface area (Å²) in [6, 6.07) is 4.09. The van der Waals surface area contributed by atoms with Gasteiger partial charge in [-0.25, -0.2) is 4.79 Å². The number of nitrogens with one attached hydrogen (secondary N) is 1. The van der Waals surface area contributed by atoms with E-state index in [1.165, 1.54) is 17.0 Å². The number of rotatable bonds is 4. The van der Waals surface area contributed by atoms with Crippen molar-refractivity contribution in [1.29, 1.82) is 0 Å². The maximum atomic E-state index is 12.8. The molecular formula is C17H18F3N3O4. The zero-order valence-corrected chi connectivity index (χ0v) is 14.3. The summed E-state index contributed by atoms with van der Waals surface area (Å²) >= 11 is 0. The van der Waals surface area contributed by atoms with Crippen LogP contribution < -0.4 is 10.1 Å². The third-order valence-corrected chi connectivity index (χ3v) is 4.49. The summed E-state index contributed by atoms with van der Waals surface area (Å²) in [4.78, 5) is 37.6. The zero-order chi connectivity index (χ0) is 19.6. The van der Waals surface area contributed by atoms with Gasteiger partial charge in [0, 0.05) is 25.9 Å². The summed E-state index contributed by atoms with van der Waals surface area (Å²) in [5.41, 5.74) is -0.777. The Balaban J connectivity index is 1.51. The van der Waals surface area contributed by atoms with Crippen LogP contribution in [0.3, 0.4) is 0 Å². The number of nitrogens with zero attached hydrogens (tertiary/aromatic N) is 2. The number of hydrogen-bond donors (Lipinski definition) is 1. The van der Waals surface area contributed by atoms with Crippen molar-refractivity contribution >= 4 is 17.8 Å².